The number of hydrogen-bond acceptors (Lipinski definition) is 3. The smallest absolute Gasteiger partial charge is 0.0641 e. The van der Waals surface area contributed by atoms with E-state index in [1.807, 2.05) is 22.7 Å². The van der Waals surface area contributed by atoms with Crippen LogP contribution in [-0.4, -0.2) is 0 Å². The molecule has 0 N–H and O–H groups in total. The number of hydrogen-bond donors (Lipinski definition) is 0. The van der Waals surface area contributed by atoms with Crippen LogP contribution in [0.5, 0.6) is 0 Å². The Balaban J connectivity index is 1.18. The minimum absolute atomic E-state index is 1.14. The zero-order valence-electron chi connectivity index (χ0n) is 27.7. The van der Waals surface area contributed by atoms with Crippen molar-refractivity contribution < 1.29 is 0 Å². The molecule has 2 aromatic heterocycles. The molecule has 0 saturated carbocycles. The molecule has 0 amide bonds. The van der Waals surface area contributed by atoms with E-state index < -0.39 is 0 Å². The molecule has 0 aliphatic heterocycles. The second kappa shape index (κ2) is 12.4. The summed E-state index contributed by atoms with van der Waals surface area (Å²) in [7, 11) is 0. The summed E-state index contributed by atoms with van der Waals surface area (Å²) in [5.41, 5.74) is 10.9. The van der Waals surface area contributed by atoms with Crippen molar-refractivity contribution in [3.8, 4) is 33.4 Å². The van der Waals surface area contributed by atoms with Gasteiger partial charge in [-0.1, -0.05) is 152 Å². The maximum Gasteiger partial charge on any atom is 0.0641 e. The van der Waals surface area contributed by atoms with Crippen molar-refractivity contribution in [1.29, 1.82) is 0 Å². The van der Waals surface area contributed by atoms with Crippen LogP contribution in [0.15, 0.2) is 188 Å². The summed E-state index contributed by atoms with van der Waals surface area (Å²) >= 11 is 3.76. The second-order valence-corrected chi connectivity index (χ2v) is 15.0. The normalized spacial score (nSPS) is 11.5. The summed E-state index contributed by atoms with van der Waals surface area (Å²) in [5, 5.41) is 5.21. The first-order chi connectivity index (χ1) is 25.3. The quantitative estimate of drug-likeness (QED) is 0.168. The van der Waals surface area contributed by atoms with E-state index in [1.165, 1.54) is 85.1 Å². The van der Waals surface area contributed by atoms with Crippen molar-refractivity contribution >= 4 is 80.1 Å². The maximum absolute atomic E-state index is 2.49. The first kappa shape index (κ1) is 29.9. The van der Waals surface area contributed by atoms with Gasteiger partial charge in [-0.05, 0) is 69.8 Å². The van der Waals surface area contributed by atoms with Crippen LogP contribution in [0.25, 0.3) is 73.7 Å². The molecule has 0 spiro atoms. The van der Waals surface area contributed by atoms with Gasteiger partial charge in [0.15, 0.2) is 0 Å². The molecule has 0 aliphatic rings. The maximum atomic E-state index is 2.49. The minimum Gasteiger partial charge on any atom is -0.308 e. The molecule has 0 unspecified atom stereocenters. The molecule has 51 heavy (non-hydrogen) atoms. The van der Waals surface area contributed by atoms with Gasteiger partial charge in [0.2, 0.25) is 0 Å². The van der Waals surface area contributed by atoms with E-state index in [1.54, 1.807) is 0 Å². The van der Waals surface area contributed by atoms with Gasteiger partial charge in [-0.2, -0.15) is 0 Å². The van der Waals surface area contributed by atoms with Gasteiger partial charge in [0.25, 0.3) is 0 Å². The lowest BCUT2D eigenvalue weighted by Gasteiger charge is -2.27. The second-order valence-electron chi connectivity index (χ2n) is 12.9. The van der Waals surface area contributed by atoms with Gasteiger partial charge in [0, 0.05) is 36.6 Å². The van der Waals surface area contributed by atoms with Gasteiger partial charge in [-0.3, -0.25) is 0 Å². The first-order valence-electron chi connectivity index (χ1n) is 17.3. The molecule has 0 aliphatic carbocycles. The number of thiophene rings is 2. The Kier molecular flexibility index (Phi) is 7.26. The third-order valence-electron chi connectivity index (χ3n) is 9.91. The predicted octanol–water partition coefficient (Wildman–Crippen LogP) is 14.9. The molecule has 0 fully saturated rings. The highest BCUT2D eigenvalue weighted by Crippen LogP contribution is 2.51. The molecule has 3 heteroatoms. The Labute approximate surface area is 304 Å². The van der Waals surface area contributed by atoms with E-state index >= 15 is 0 Å². The summed E-state index contributed by atoms with van der Waals surface area (Å²) in [6, 6.07) is 68.5. The molecule has 0 radical (unpaired) electrons. The fourth-order valence-electron chi connectivity index (χ4n) is 7.45. The van der Waals surface area contributed by atoms with Crippen molar-refractivity contribution in [1.82, 2.24) is 0 Å². The summed E-state index contributed by atoms with van der Waals surface area (Å²) < 4.78 is 5.18. The molecular formula is C48H31NS2. The Morgan fingerprint density at radius 1 is 0.314 bits per heavy atom. The highest BCUT2D eigenvalue weighted by Gasteiger charge is 2.23. The molecule has 10 aromatic rings. The lowest BCUT2D eigenvalue weighted by Crippen LogP contribution is -2.10. The van der Waals surface area contributed by atoms with E-state index in [0.717, 1.165) is 5.69 Å². The van der Waals surface area contributed by atoms with Gasteiger partial charge in [-0.15, -0.1) is 22.7 Å². The first-order valence-corrected chi connectivity index (χ1v) is 18.9. The molecule has 8 aromatic carbocycles. The largest absolute Gasteiger partial charge is 0.308 e. The van der Waals surface area contributed by atoms with Crippen molar-refractivity contribution in [2.75, 3.05) is 4.90 Å². The van der Waals surface area contributed by atoms with E-state index in [2.05, 4.69) is 193 Å². The fraction of sp³-hybridized carbons (Fsp3) is 0. The standard InChI is InChI=1S/C48H31NS2/c1-3-12-32(13-4-1)33-22-24-34(25-23-33)35-26-28-37(29-27-35)49(42-19-11-18-40-39-16-7-9-20-44(39)50-47(40)42)43-31-30-38(36-14-5-2-6-15-36)46-41-17-8-10-21-45(41)51-48(43)46/h1-31H. The van der Waals surface area contributed by atoms with Crippen molar-refractivity contribution in [2.45, 2.75) is 0 Å². The number of benzene rings is 8. The highest BCUT2D eigenvalue weighted by atomic mass is 32.1. The van der Waals surface area contributed by atoms with E-state index in [9.17, 15) is 0 Å². The minimum atomic E-state index is 1.14. The van der Waals surface area contributed by atoms with Crippen LogP contribution in [0.1, 0.15) is 0 Å². The zero-order valence-corrected chi connectivity index (χ0v) is 29.3. The van der Waals surface area contributed by atoms with Crippen molar-refractivity contribution in [3.63, 3.8) is 0 Å². The monoisotopic (exact) mass is 685 g/mol. The fourth-order valence-corrected chi connectivity index (χ4v) is 9.89. The third-order valence-corrected chi connectivity index (χ3v) is 12.3. The van der Waals surface area contributed by atoms with Crippen LogP contribution >= 0.6 is 22.7 Å². The summed E-state index contributed by atoms with van der Waals surface area (Å²) in [6.07, 6.45) is 0. The average Bonchev–Trinajstić information content (AvgIpc) is 3.79. The molecule has 1 nitrogen and oxygen atoms in total. The lowest BCUT2D eigenvalue weighted by atomic mass is 9.98. The van der Waals surface area contributed by atoms with E-state index in [0.29, 0.717) is 0 Å². The van der Waals surface area contributed by atoms with Gasteiger partial charge in [0.1, 0.15) is 0 Å². The van der Waals surface area contributed by atoms with Crippen LogP contribution in [0.4, 0.5) is 17.1 Å². The SMILES string of the molecule is c1ccc(-c2ccc(-c3ccc(N(c4cccc5c4sc4ccccc45)c4ccc(-c5ccccc5)c5c4sc4ccccc45)cc3)cc2)cc1. The molecule has 2 heterocycles. The van der Waals surface area contributed by atoms with Crippen LogP contribution < -0.4 is 4.90 Å². The zero-order chi connectivity index (χ0) is 33.7. The van der Waals surface area contributed by atoms with Crippen LogP contribution in [0.3, 0.4) is 0 Å². The van der Waals surface area contributed by atoms with Crippen molar-refractivity contribution in [2.24, 2.45) is 0 Å². The molecule has 10 rings (SSSR count). The van der Waals surface area contributed by atoms with Gasteiger partial charge in [0.05, 0.1) is 20.8 Å². The molecular weight excluding hydrogens is 655 g/mol. The van der Waals surface area contributed by atoms with Crippen LogP contribution in [0.2, 0.25) is 0 Å². The van der Waals surface area contributed by atoms with E-state index in [-0.39, 0.29) is 0 Å². The average molecular weight is 686 g/mol. The van der Waals surface area contributed by atoms with Gasteiger partial charge < -0.3 is 4.90 Å². The predicted molar refractivity (Wildman–Crippen MR) is 223 cm³/mol. The van der Waals surface area contributed by atoms with Gasteiger partial charge in [-0.25, -0.2) is 0 Å². The van der Waals surface area contributed by atoms with Crippen LogP contribution in [-0.2, 0) is 0 Å². The molecule has 0 atom stereocenters. The summed E-state index contributed by atoms with van der Waals surface area (Å²) in [5.74, 6) is 0. The number of fused-ring (bicyclic) bond motifs is 6. The molecule has 0 saturated heterocycles. The Hall–Kier alpha value is -6.00. The summed E-state index contributed by atoms with van der Waals surface area (Å²) in [6.45, 7) is 0. The Bertz CT molecular complexity index is 2830. The molecule has 240 valence electrons. The third kappa shape index (κ3) is 5.13. The number of anilines is 3. The Morgan fingerprint density at radius 3 is 1.49 bits per heavy atom. The topological polar surface area (TPSA) is 3.24 Å². The van der Waals surface area contributed by atoms with Gasteiger partial charge >= 0.3 is 0 Å². The summed E-state index contributed by atoms with van der Waals surface area (Å²) in [4.78, 5) is 2.49. The van der Waals surface area contributed by atoms with E-state index in [4.69, 9.17) is 0 Å². The highest BCUT2D eigenvalue weighted by molar-refractivity contribution is 7.27. The molecule has 0 bridgehead atoms. The Morgan fingerprint density at radius 2 is 0.804 bits per heavy atom. The number of nitrogens with zero attached hydrogens (tertiary/aromatic N) is 1. The lowest BCUT2D eigenvalue weighted by molar-refractivity contribution is 1.32. The van der Waals surface area contributed by atoms with Crippen LogP contribution in [0, 0.1) is 0 Å². The number of rotatable bonds is 6. The van der Waals surface area contributed by atoms with Crippen molar-refractivity contribution in [3.05, 3.63) is 188 Å².